The molecule has 182 valence electrons. The zero-order chi connectivity index (χ0) is 24.2. The second-order valence-corrected chi connectivity index (χ2v) is 9.83. The maximum absolute atomic E-state index is 13.6. The Balaban J connectivity index is 1.30. The lowest BCUT2D eigenvalue weighted by Gasteiger charge is -2.28. The van der Waals surface area contributed by atoms with Gasteiger partial charge in [0, 0.05) is 17.5 Å². The molecule has 1 fully saturated rings. The van der Waals surface area contributed by atoms with Crippen molar-refractivity contribution in [3.8, 4) is 17.2 Å². The summed E-state index contributed by atoms with van der Waals surface area (Å²) < 4.78 is 16.1. The number of ether oxygens (including phenoxy) is 3. The van der Waals surface area contributed by atoms with Crippen molar-refractivity contribution in [1.29, 1.82) is 0 Å². The molecular formula is C27H28N2O5S. The lowest BCUT2D eigenvalue weighted by Crippen LogP contribution is -2.44. The summed E-state index contributed by atoms with van der Waals surface area (Å²) in [6.07, 6.45) is 2.14. The standard InChI is InChI=1S/C27H28N2O5S/c1-32-22-9-4-19(5-10-22)14-26(30)29(21-7-8-21)17-27(31)28(16-23-3-2-12-35-23)15-20-6-11-24-25(13-20)34-18-33-24/h2-6,9-13,21H,7-8,14-18H2,1H3. The fourth-order valence-electron chi connectivity index (χ4n) is 4.15. The van der Waals surface area contributed by atoms with E-state index in [9.17, 15) is 9.59 Å². The summed E-state index contributed by atoms with van der Waals surface area (Å²) in [6, 6.07) is 17.4. The van der Waals surface area contributed by atoms with Crippen LogP contribution in [0.2, 0.25) is 0 Å². The molecule has 3 aromatic rings. The number of hydrogen-bond acceptors (Lipinski definition) is 6. The Kier molecular flexibility index (Phi) is 6.90. The molecule has 1 saturated carbocycles. The molecule has 0 spiro atoms. The SMILES string of the molecule is COc1ccc(CC(=O)N(CC(=O)N(Cc2ccc3c(c2)OCO3)Cc2cccs2)C2CC2)cc1. The third-order valence-corrected chi connectivity index (χ3v) is 7.08. The first-order valence-corrected chi connectivity index (χ1v) is 12.6. The molecule has 1 aliphatic carbocycles. The first-order chi connectivity index (χ1) is 17.1. The molecule has 8 heteroatoms. The average Bonchev–Trinajstić information content (AvgIpc) is 3.36. The maximum atomic E-state index is 13.6. The van der Waals surface area contributed by atoms with E-state index < -0.39 is 0 Å². The highest BCUT2D eigenvalue weighted by atomic mass is 32.1. The van der Waals surface area contributed by atoms with Crippen molar-refractivity contribution in [2.45, 2.75) is 38.4 Å². The van der Waals surface area contributed by atoms with E-state index >= 15 is 0 Å². The van der Waals surface area contributed by atoms with Crippen molar-refractivity contribution in [3.63, 3.8) is 0 Å². The molecule has 0 radical (unpaired) electrons. The number of thiophene rings is 1. The van der Waals surface area contributed by atoms with Crippen LogP contribution in [0.4, 0.5) is 0 Å². The highest BCUT2D eigenvalue weighted by molar-refractivity contribution is 7.09. The molecule has 2 aliphatic rings. The summed E-state index contributed by atoms with van der Waals surface area (Å²) in [5.41, 5.74) is 1.87. The fraction of sp³-hybridized carbons (Fsp3) is 0.333. The molecule has 0 saturated heterocycles. The molecule has 0 unspecified atom stereocenters. The van der Waals surface area contributed by atoms with Gasteiger partial charge in [-0.05, 0) is 59.7 Å². The van der Waals surface area contributed by atoms with Gasteiger partial charge < -0.3 is 24.0 Å². The minimum Gasteiger partial charge on any atom is -0.497 e. The van der Waals surface area contributed by atoms with E-state index in [2.05, 4.69) is 0 Å². The largest absolute Gasteiger partial charge is 0.497 e. The van der Waals surface area contributed by atoms with E-state index in [0.29, 0.717) is 24.6 Å². The number of fused-ring (bicyclic) bond motifs is 1. The van der Waals surface area contributed by atoms with Gasteiger partial charge in [-0.1, -0.05) is 24.3 Å². The molecule has 7 nitrogen and oxygen atoms in total. The third-order valence-electron chi connectivity index (χ3n) is 6.22. The summed E-state index contributed by atoms with van der Waals surface area (Å²) in [5, 5.41) is 2.01. The lowest BCUT2D eigenvalue weighted by molar-refractivity contribution is -0.141. The van der Waals surface area contributed by atoms with Crippen LogP contribution >= 0.6 is 11.3 Å². The monoisotopic (exact) mass is 492 g/mol. The highest BCUT2D eigenvalue weighted by Crippen LogP contribution is 2.33. The zero-order valence-corrected chi connectivity index (χ0v) is 20.5. The van der Waals surface area contributed by atoms with Gasteiger partial charge in [-0.25, -0.2) is 0 Å². The lowest BCUT2D eigenvalue weighted by atomic mass is 10.1. The predicted octanol–water partition coefficient (Wildman–Crippen LogP) is 4.25. The van der Waals surface area contributed by atoms with Crippen LogP contribution in [-0.4, -0.2) is 48.1 Å². The number of carbonyl (C=O) groups is 2. The molecule has 2 aromatic carbocycles. The molecule has 0 N–H and O–H groups in total. The van der Waals surface area contributed by atoms with Crippen molar-refractivity contribution >= 4 is 23.2 Å². The van der Waals surface area contributed by atoms with Crippen molar-refractivity contribution in [1.82, 2.24) is 9.80 Å². The van der Waals surface area contributed by atoms with Gasteiger partial charge in [-0.15, -0.1) is 11.3 Å². The normalized spacial score (nSPS) is 14.0. The first kappa shape index (κ1) is 23.2. The Labute approximate surface area is 208 Å². The molecular weight excluding hydrogens is 464 g/mol. The summed E-state index contributed by atoms with van der Waals surface area (Å²) in [7, 11) is 1.62. The number of benzene rings is 2. The van der Waals surface area contributed by atoms with Crippen molar-refractivity contribution < 1.29 is 23.8 Å². The van der Waals surface area contributed by atoms with Gasteiger partial charge in [0.1, 0.15) is 12.3 Å². The van der Waals surface area contributed by atoms with E-state index in [0.717, 1.165) is 34.6 Å². The van der Waals surface area contributed by atoms with E-state index in [1.165, 1.54) is 0 Å². The molecule has 5 rings (SSSR count). The highest BCUT2D eigenvalue weighted by Gasteiger charge is 2.34. The van der Waals surface area contributed by atoms with Gasteiger partial charge in [-0.2, -0.15) is 0 Å². The van der Waals surface area contributed by atoms with Gasteiger partial charge in [0.15, 0.2) is 11.5 Å². The zero-order valence-electron chi connectivity index (χ0n) is 19.6. The quantitative estimate of drug-likeness (QED) is 0.423. The van der Waals surface area contributed by atoms with Crippen LogP contribution in [0, 0.1) is 0 Å². The Morgan fingerprint density at radius 2 is 1.74 bits per heavy atom. The van der Waals surface area contributed by atoms with Crippen molar-refractivity contribution in [2.24, 2.45) is 0 Å². The summed E-state index contributed by atoms with van der Waals surface area (Å²) in [4.78, 5) is 31.4. The van der Waals surface area contributed by atoms with Gasteiger partial charge in [0.05, 0.1) is 20.1 Å². The number of hydrogen-bond donors (Lipinski definition) is 0. The van der Waals surface area contributed by atoms with E-state index in [-0.39, 0.29) is 37.6 Å². The molecule has 1 aromatic heterocycles. The van der Waals surface area contributed by atoms with E-state index in [1.807, 2.05) is 64.9 Å². The van der Waals surface area contributed by atoms with Gasteiger partial charge in [-0.3, -0.25) is 9.59 Å². The number of carbonyl (C=O) groups excluding carboxylic acids is 2. The second-order valence-electron chi connectivity index (χ2n) is 8.79. The maximum Gasteiger partial charge on any atom is 0.242 e. The van der Waals surface area contributed by atoms with Crippen LogP contribution in [0.15, 0.2) is 60.0 Å². The van der Waals surface area contributed by atoms with Crippen LogP contribution < -0.4 is 14.2 Å². The van der Waals surface area contributed by atoms with Crippen molar-refractivity contribution in [2.75, 3.05) is 20.4 Å². The molecule has 2 heterocycles. The Morgan fingerprint density at radius 3 is 2.46 bits per heavy atom. The summed E-state index contributed by atoms with van der Waals surface area (Å²) in [6.45, 7) is 1.22. The van der Waals surface area contributed by atoms with Gasteiger partial charge in [0.2, 0.25) is 18.6 Å². The number of amides is 2. The molecule has 1 aliphatic heterocycles. The minimum atomic E-state index is -0.0638. The average molecular weight is 493 g/mol. The number of nitrogens with zero attached hydrogens (tertiary/aromatic N) is 2. The van der Waals surface area contributed by atoms with Crippen molar-refractivity contribution in [3.05, 3.63) is 76.0 Å². The van der Waals surface area contributed by atoms with E-state index in [4.69, 9.17) is 14.2 Å². The van der Waals surface area contributed by atoms with Crippen LogP contribution in [0.3, 0.4) is 0 Å². The third kappa shape index (κ3) is 5.77. The second kappa shape index (κ2) is 10.4. The Morgan fingerprint density at radius 1 is 0.971 bits per heavy atom. The minimum absolute atomic E-state index is 0.0230. The molecule has 0 bridgehead atoms. The smallest absolute Gasteiger partial charge is 0.242 e. The van der Waals surface area contributed by atoms with Gasteiger partial charge >= 0.3 is 0 Å². The van der Waals surface area contributed by atoms with Crippen LogP contribution in [0.25, 0.3) is 0 Å². The van der Waals surface area contributed by atoms with Crippen LogP contribution in [-0.2, 0) is 29.1 Å². The molecule has 0 atom stereocenters. The molecule has 2 amide bonds. The van der Waals surface area contributed by atoms with Crippen LogP contribution in [0.1, 0.15) is 28.8 Å². The van der Waals surface area contributed by atoms with E-state index in [1.54, 1.807) is 23.3 Å². The number of methoxy groups -OCH3 is 1. The fourth-order valence-corrected chi connectivity index (χ4v) is 4.87. The summed E-state index contributed by atoms with van der Waals surface area (Å²) >= 11 is 1.62. The van der Waals surface area contributed by atoms with Gasteiger partial charge in [0.25, 0.3) is 0 Å². The summed E-state index contributed by atoms with van der Waals surface area (Å²) in [5.74, 6) is 2.08. The number of rotatable bonds is 10. The Bertz CT molecular complexity index is 1170. The van der Waals surface area contributed by atoms with Crippen LogP contribution in [0.5, 0.6) is 17.2 Å². The Hall–Kier alpha value is -3.52. The predicted molar refractivity (Wildman–Crippen MR) is 133 cm³/mol. The first-order valence-electron chi connectivity index (χ1n) is 11.7. The topological polar surface area (TPSA) is 68.3 Å². The molecule has 35 heavy (non-hydrogen) atoms.